The number of hydrogen-bond donors (Lipinski definition) is 1. The molecular weight excluding hydrogens is 402 g/mol. The molecule has 0 fully saturated rings. The van der Waals surface area contributed by atoms with Crippen molar-refractivity contribution in [1.29, 1.82) is 0 Å². The van der Waals surface area contributed by atoms with Crippen molar-refractivity contribution in [3.8, 4) is 0 Å². The van der Waals surface area contributed by atoms with Gasteiger partial charge in [-0.25, -0.2) is 4.99 Å². The van der Waals surface area contributed by atoms with Gasteiger partial charge in [-0.3, -0.25) is 9.78 Å². The molecule has 1 aromatic carbocycles. The van der Waals surface area contributed by atoms with Crippen LogP contribution >= 0.6 is 23.4 Å². The largest absolute Gasteiger partial charge is 0.350 e. The highest BCUT2D eigenvalue weighted by Gasteiger charge is 2.13. The van der Waals surface area contributed by atoms with E-state index < -0.39 is 0 Å². The van der Waals surface area contributed by atoms with E-state index in [1.165, 1.54) is 9.80 Å². The van der Waals surface area contributed by atoms with E-state index >= 15 is 0 Å². The van der Waals surface area contributed by atoms with Gasteiger partial charge in [0.15, 0.2) is 0 Å². The average molecular weight is 430 g/mol. The Labute approximate surface area is 183 Å². The molecule has 1 aromatic heterocycles. The Bertz CT molecular complexity index is 863. The maximum Gasteiger partial charge on any atom is 0.224 e. The van der Waals surface area contributed by atoms with Gasteiger partial charge in [0.1, 0.15) is 5.17 Å². The molecule has 3 rings (SSSR count). The third-order valence-corrected chi connectivity index (χ3v) is 5.14. The van der Waals surface area contributed by atoms with Gasteiger partial charge in [-0.05, 0) is 32.0 Å². The summed E-state index contributed by atoms with van der Waals surface area (Å²) in [5, 5.41) is 3.31. The molecule has 2 aromatic rings. The van der Waals surface area contributed by atoms with Crippen molar-refractivity contribution in [3.63, 3.8) is 0 Å². The summed E-state index contributed by atoms with van der Waals surface area (Å²) in [5.41, 5.74) is 2.88. The topological polar surface area (TPSA) is 54.4 Å². The van der Waals surface area contributed by atoms with Crippen LogP contribution in [0.25, 0.3) is 0 Å². The van der Waals surface area contributed by atoms with E-state index in [-0.39, 0.29) is 5.91 Å². The fourth-order valence-corrected chi connectivity index (χ4v) is 3.44. The van der Waals surface area contributed by atoms with Crippen LogP contribution in [-0.2, 0) is 11.3 Å². The number of fused-ring (bicyclic) bond motifs is 1. The molecule has 0 saturated carbocycles. The van der Waals surface area contributed by atoms with Crippen LogP contribution in [0.1, 0.15) is 45.4 Å². The summed E-state index contributed by atoms with van der Waals surface area (Å²) in [5.74, 6) is -0.0272. The second-order valence-electron chi connectivity index (χ2n) is 5.73. The number of aliphatic imine (C=N–C) groups is 1. The third-order valence-electron chi connectivity index (χ3n) is 3.67. The minimum absolute atomic E-state index is 0.0272. The van der Waals surface area contributed by atoms with Crippen LogP contribution in [0.15, 0.2) is 81.8 Å². The lowest BCUT2D eigenvalue weighted by Crippen LogP contribution is -2.22. The molecule has 2 heterocycles. The lowest BCUT2D eigenvalue weighted by atomic mass is 10.2. The van der Waals surface area contributed by atoms with E-state index in [4.69, 9.17) is 11.6 Å². The van der Waals surface area contributed by atoms with E-state index in [2.05, 4.69) is 34.9 Å². The van der Waals surface area contributed by atoms with Gasteiger partial charge in [0.2, 0.25) is 5.91 Å². The Hall–Kier alpha value is -2.37. The summed E-state index contributed by atoms with van der Waals surface area (Å²) in [6.07, 6.45) is 3.63. The van der Waals surface area contributed by atoms with Crippen molar-refractivity contribution in [2.24, 2.45) is 4.99 Å². The number of nitrogens with one attached hydrogen (secondary N) is 1. The molecule has 0 bridgehead atoms. The van der Waals surface area contributed by atoms with E-state index in [1.54, 1.807) is 24.0 Å². The van der Waals surface area contributed by atoms with Crippen molar-refractivity contribution in [2.45, 2.75) is 45.6 Å². The number of hydrogen-bond acceptors (Lipinski definition) is 4. The van der Waals surface area contributed by atoms with Gasteiger partial charge in [0, 0.05) is 33.7 Å². The van der Waals surface area contributed by atoms with Gasteiger partial charge in [-0.15, -0.1) is 6.58 Å². The molecule has 0 spiro atoms. The molecule has 1 N–H and O–H groups in total. The summed E-state index contributed by atoms with van der Waals surface area (Å²) < 4.78 is 0. The Morgan fingerprint density at radius 3 is 2.52 bits per heavy atom. The van der Waals surface area contributed by atoms with E-state index in [0.29, 0.717) is 18.1 Å². The molecule has 1 aliphatic rings. The number of nitrogens with zero attached hydrogens (tertiary/aromatic N) is 2. The molecule has 0 unspecified atom stereocenters. The normalized spacial score (nSPS) is 12.1. The quantitative estimate of drug-likeness (QED) is 0.577. The van der Waals surface area contributed by atoms with Gasteiger partial charge in [-0.1, -0.05) is 67.6 Å². The minimum atomic E-state index is -0.0272. The van der Waals surface area contributed by atoms with Crippen molar-refractivity contribution in [1.82, 2.24) is 10.3 Å². The maximum atomic E-state index is 11.0. The van der Waals surface area contributed by atoms with Crippen molar-refractivity contribution in [3.05, 3.63) is 83.2 Å². The first kappa shape index (κ1) is 24.7. The van der Waals surface area contributed by atoms with Gasteiger partial charge in [0.25, 0.3) is 0 Å². The van der Waals surface area contributed by atoms with Crippen LogP contribution in [-0.4, -0.2) is 16.1 Å². The first-order valence-electron chi connectivity index (χ1n) is 9.47. The molecule has 0 saturated heterocycles. The van der Waals surface area contributed by atoms with E-state index in [1.807, 2.05) is 57.2 Å². The number of halogens is 1. The monoisotopic (exact) mass is 429 g/mol. The number of carbonyl (C=O) groups is 1. The predicted molar refractivity (Wildman–Crippen MR) is 125 cm³/mol. The van der Waals surface area contributed by atoms with Crippen LogP contribution in [0.5, 0.6) is 0 Å². The van der Waals surface area contributed by atoms with Gasteiger partial charge in [0.05, 0.1) is 12.2 Å². The third kappa shape index (κ3) is 8.67. The summed E-state index contributed by atoms with van der Waals surface area (Å²) in [4.78, 5) is 21.8. The van der Waals surface area contributed by atoms with E-state index in [9.17, 15) is 4.79 Å². The summed E-state index contributed by atoms with van der Waals surface area (Å²) in [6, 6.07) is 13.7. The molecule has 0 aliphatic carbocycles. The summed E-state index contributed by atoms with van der Waals surface area (Å²) in [6.45, 7) is 12.0. The standard InChI is InChI=1S/C11H10ClNS.C10H12N2O.C2H6/c1-7-8(2)14-10-6-4-3-5-9(10)11(12)13-7;1-2-5-10(13)12-8-9-6-3-4-7-11-9;1-2/h3-6H,1-2H3;2-4,6-7H,1,5,8H2,(H,12,13);1-2H3. The second-order valence-corrected chi connectivity index (χ2v) is 7.35. The predicted octanol–water partition coefficient (Wildman–Crippen LogP) is 6.33. The lowest BCUT2D eigenvalue weighted by Gasteiger charge is -2.03. The number of amides is 1. The first-order chi connectivity index (χ1) is 14.0. The molecule has 29 heavy (non-hydrogen) atoms. The van der Waals surface area contributed by atoms with Gasteiger partial charge >= 0.3 is 0 Å². The van der Waals surface area contributed by atoms with Gasteiger partial charge < -0.3 is 5.32 Å². The van der Waals surface area contributed by atoms with Crippen LogP contribution in [0, 0.1) is 0 Å². The zero-order valence-corrected chi connectivity index (χ0v) is 19.0. The highest BCUT2D eigenvalue weighted by atomic mass is 35.5. The second kappa shape index (κ2) is 13.7. The van der Waals surface area contributed by atoms with Crippen LogP contribution in [0.4, 0.5) is 0 Å². The van der Waals surface area contributed by atoms with E-state index in [0.717, 1.165) is 17.0 Å². The lowest BCUT2D eigenvalue weighted by molar-refractivity contribution is -0.120. The molecule has 154 valence electrons. The molecule has 1 amide bonds. The van der Waals surface area contributed by atoms with Crippen LogP contribution in [0.2, 0.25) is 0 Å². The number of benzene rings is 1. The van der Waals surface area contributed by atoms with Crippen molar-refractivity contribution in [2.75, 3.05) is 0 Å². The molecule has 4 nitrogen and oxygen atoms in total. The molecular formula is C23H28ClN3OS. The van der Waals surface area contributed by atoms with Crippen LogP contribution < -0.4 is 5.32 Å². The number of rotatable bonds is 4. The smallest absolute Gasteiger partial charge is 0.224 e. The van der Waals surface area contributed by atoms with Crippen molar-refractivity contribution >= 4 is 34.4 Å². The first-order valence-corrected chi connectivity index (χ1v) is 10.7. The fourth-order valence-electron chi connectivity index (χ4n) is 2.15. The Balaban J connectivity index is 0.000000268. The number of carbonyl (C=O) groups excluding carboxylic acids is 1. The summed E-state index contributed by atoms with van der Waals surface area (Å²) in [7, 11) is 0. The Morgan fingerprint density at radius 1 is 1.17 bits per heavy atom. The van der Waals surface area contributed by atoms with Crippen LogP contribution in [0.3, 0.4) is 0 Å². The molecule has 6 heteroatoms. The van der Waals surface area contributed by atoms with Gasteiger partial charge in [-0.2, -0.15) is 0 Å². The molecule has 1 aliphatic heterocycles. The zero-order chi connectivity index (χ0) is 21.6. The number of pyridine rings is 1. The highest BCUT2D eigenvalue weighted by Crippen LogP contribution is 2.35. The fraction of sp³-hybridized carbons (Fsp3) is 0.261. The highest BCUT2D eigenvalue weighted by molar-refractivity contribution is 8.03. The number of aromatic nitrogens is 1. The number of allylic oxidation sites excluding steroid dienone is 2. The summed E-state index contributed by atoms with van der Waals surface area (Å²) >= 11 is 7.84. The zero-order valence-electron chi connectivity index (χ0n) is 17.4. The maximum absolute atomic E-state index is 11.0. The van der Waals surface area contributed by atoms with Crippen molar-refractivity contribution < 1.29 is 4.79 Å². The molecule has 0 atom stereocenters. The Kier molecular flexibility index (Phi) is 11.7. The number of thioether (sulfide) groups is 1. The molecule has 0 radical (unpaired) electrons. The average Bonchev–Trinajstić information content (AvgIpc) is 2.85. The Morgan fingerprint density at radius 2 is 1.86 bits per heavy atom. The SMILES string of the molecule is C=CCC(=O)NCc1ccccn1.CC.CC1=C(C)Sc2ccccc2C(Cl)=N1. The minimum Gasteiger partial charge on any atom is -0.350 e.